The standard InChI is InChI=1S/C56H33NO3/c1-2-12-37-32-54-47(30-36(37)11-1)46-31-39(24-29-51(46)59-54)41-13-5-7-16-48(41)57(49-17-9-19-52-55(49)45-28-22-35-10-3-4-14-42(35)56(45)60-52)40-25-20-34(21-26-40)38-23-27-44-43-15-6-8-18-50(43)58-53(44)33-38/h1-33H. The van der Waals surface area contributed by atoms with E-state index in [1.807, 2.05) is 12.1 Å². The van der Waals surface area contributed by atoms with Crippen molar-refractivity contribution in [2.75, 3.05) is 4.90 Å². The van der Waals surface area contributed by atoms with Crippen LogP contribution in [0.4, 0.5) is 17.1 Å². The molecule has 0 aliphatic carbocycles. The molecule has 0 saturated heterocycles. The van der Waals surface area contributed by atoms with Gasteiger partial charge in [-0.1, -0.05) is 121 Å². The lowest BCUT2D eigenvalue weighted by Gasteiger charge is -2.28. The Labute approximate surface area is 343 Å². The number of para-hydroxylation sites is 2. The Hall–Kier alpha value is -8.08. The van der Waals surface area contributed by atoms with Gasteiger partial charge in [0.15, 0.2) is 0 Å². The van der Waals surface area contributed by atoms with E-state index < -0.39 is 0 Å². The van der Waals surface area contributed by atoms with Crippen LogP contribution in [-0.4, -0.2) is 0 Å². The first-order chi connectivity index (χ1) is 29.7. The van der Waals surface area contributed by atoms with Crippen LogP contribution in [0.2, 0.25) is 0 Å². The lowest BCUT2D eigenvalue weighted by Crippen LogP contribution is -2.11. The maximum Gasteiger partial charge on any atom is 0.143 e. The zero-order chi connectivity index (χ0) is 39.3. The van der Waals surface area contributed by atoms with Crippen LogP contribution in [0.25, 0.3) is 110 Å². The van der Waals surface area contributed by atoms with Crippen LogP contribution >= 0.6 is 0 Å². The summed E-state index contributed by atoms with van der Waals surface area (Å²) in [5, 5.41) is 11.2. The van der Waals surface area contributed by atoms with Gasteiger partial charge in [-0.25, -0.2) is 0 Å². The molecule has 0 saturated carbocycles. The van der Waals surface area contributed by atoms with E-state index in [9.17, 15) is 0 Å². The third-order valence-electron chi connectivity index (χ3n) is 12.2. The van der Waals surface area contributed by atoms with Crippen LogP contribution in [0.1, 0.15) is 0 Å². The summed E-state index contributed by atoms with van der Waals surface area (Å²) in [5.41, 5.74) is 12.8. The van der Waals surface area contributed by atoms with Gasteiger partial charge in [0, 0.05) is 43.6 Å². The SMILES string of the molecule is c1ccc(N(c2ccc(-c3ccc4c(c3)oc3ccccc34)cc2)c2cccc3oc4c5ccccc5ccc4c23)c(-c2ccc3oc4cc5ccccc5cc4c3c2)c1. The monoisotopic (exact) mass is 767 g/mol. The molecule has 0 fully saturated rings. The number of hydrogen-bond donors (Lipinski definition) is 0. The fourth-order valence-corrected chi connectivity index (χ4v) is 9.38. The second-order valence-electron chi connectivity index (χ2n) is 15.6. The maximum atomic E-state index is 6.74. The summed E-state index contributed by atoms with van der Waals surface area (Å²) in [6, 6.07) is 71.0. The van der Waals surface area contributed by atoms with Gasteiger partial charge in [0.25, 0.3) is 0 Å². The molecule has 0 atom stereocenters. The van der Waals surface area contributed by atoms with Crippen LogP contribution in [0, 0.1) is 0 Å². The first kappa shape index (κ1) is 32.9. The number of hydrogen-bond acceptors (Lipinski definition) is 4. The van der Waals surface area contributed by atoms with Gasteiger partial charge >= 0.3 is 0 Å². The van der Waals surface area contributed by atoms with Crippen molar-refractivity contribution >= 4 is 104 Å². The number of fused-ring (bicyclic) bond motifs is 12. The second-order valence-corrected chi connectivity index (χ2v) is 15.6. The van der Waals surface area contributed by atoms with E-state index in [2.05, 4.69) is 193 Å². The van der Waals surface area contributed by atoms with E-state index in [-0.39, 0.29) is 0 Å². The fraction of sp³-hybridized carbons (Fsp3) is 0. The molecule has 0 N–H and O–H groups in total. The summed E-state index contributed by atoms with van der Waals surface area (Å²) < 4.78 is 19.5. The van der Waals surface area contributed by atoms with Crippen LogP contribution < -0.4 is 4.90 Å². The number of anilines is 3. The van der Waals surface area contributed by atoms with E-state index in [1.54, 1.807) is 0 Å². The molecule has 3 aromatic heterocycles. The molecule has 0 radical (unpaired) electrons. The predicted octanol–water partition coefficient (Wildman–Crippen LogP) is 16.5. The van der Waals surface area contributed by atoms with Gasteiger partial charge in [0.2, 0.25) is 0 Å². The average Bonchev–Trinajstić information content (AvgIpc) is 3.99. The van der Waals surface area contributed by atoms with Crippen LogP contribution in [0.15, 0.2) is 213 Å². The molecular weight excluding hydrogens is 735 g/mol. The van der Waals surface area contributed by atoms with Crippen LogP contribution in [0.5, 0.6) is 0 Å². The quantitative estimate of drug-likeness (QED) is 0.175. The molecule has 0 spiro atoms. The molecule has 13 aromatic rings. The van der Waals surface area contributed by atoms with Crippen molar-refractivity contribution in [2.45, 2.75) is 0 Å². The minimum atomic E-state index is 0.843. The Morgan fingerprint density at radius 3 is 1.80 bits per heavy atom. The fourth-order valence-electron chi connectivity index (χ4n) is 9.38. The highest BCUT2D eigenvalue weighted by Crippen LogP contribution is 2.48. The Morgan fingerprint density at radius 2 is 0.917 bits per heavy atom. The van der Waals surface area contributed by atoms with Crippen molar-refractivity contribution in [3.63, 3.8) is 0 Å². The van der Waals surface area contributed by atoms with Gasteiger partial charge in [-0.15, -0.1) is 0 Å². The Kier molecular flexibility index (Phi) is 6.98. The Morgan fingerprint density at radius 1 is 0.300 bits per heavy atom. The number of furan rings is 3. The molecule has 4 heteroatoms. The van der Waals surface area contributed by atoms with Crippen molar-refractivity contribution in [2.24, 2.45) is 0 Å². The molecule has 0 amide bonds. The normalized spacial score (nSPS) is 12.0. The molecule has 0 bridgehead atoms. The Bertz CT molecular complexity index is 3850. The summed E-state index contributed by atoms with van der Waals surface area (Å²) >= 11 is 0. The van der Waals surface area contributed by atoms with E-state index in [1.165, 1.54) is 10.8 Å². The smallest absolute Gasteiger partial charge is 0.143 e. The summed E-state index contributed by atoms with van der Waals surface area (Å²) in [6.45, 7) is 0. The Balaban J connectivity index is 1.01. The van der Waals surface area contributed by atoms with Crippen LogP contribution in [0.3, 0.4) is 0 Å². The highest BCUT2D eigenvalue weighted by atomic mass is 16.3. The van der Waals surface area contributed by atoms with Crippen molar-refractivity contribution in [1.29, 1.82) is 0 Å². The minimum Gasteiger partial charge on any atom is -0.456 e. The van der Waals surface area contributed by atoms with Crippen molar-refractivity contribution in [1.82, 2.24) is 0 Å². The van der Waals surface area contributed by atoms with E-state index in [0.717, 1.165) is 116 Å². The number of nitrogens with zero attached hydrogens (tertiary/aromatic N) is 1. The predicted molar refractivity (Wildman–Crippen MR) is 249 cm³/mol. The first-order valence-corrected chi connectivity index (χ1v) is 20.3. The summed E-state index contributed by atoms with van der Waals surface area (Å²) in [6.07, 6.45) is 0. The van der Waals surface area contributed by atoms with Crippen LogP contribution in [-0.2, 0) is 0 Å². The summed E-state index contributed by atoms with van der Waals surface area (Å²) in [7, 11) is 0. The zero-order valence-electron chi connectivity index (χ0n) is 32.2. The molecular formula is C56H33NO3. The maximum absolute atomic E-state index is 6.74. The third-order valence-corrected chi connectivity index (χ3v) is 12.2. The zero-order valence-corrected chi connectivity index (χ0v) is 32.2. The third kappa shape index (κ3) is 4.98. The molecule has 0 aliphatic heterocycles. The van der Waals surface area contributed by atoms with Crippen molar-refractivity contribution in [3.8, 4) is 22.3 Å². The van der Waals surface area contributed by atoms with E-state index in [0.29, 0.717) is 0 Å². The van der Waals surface area contributed by atoms with E-state index >= 15 is 0 Å². The highest BCUT2D eigenvalue weighted by molar-refractivity contribution is 6.20. The molecule has 60 heavy (non-hydrogen) atoms. The highest BCUT2D eigenvalue weighted by Gasteiger charge is 2.23. The summed E-state index contributed by atoms with van der Waals surface area (Å²) in [4.78, 5) is 2.39. The second kappa shape index (κ2) is 12.7. The van der Waals surface area contributed by atoms with Gasteiger partial charge in [-0.3, -0.25) is 0 Å². The minimum absolute atomic E-state index is 0.843. The molecule has 280 valence electrons. The van der Waals surface area contributed by atoms with E-state index in [4.69, 9.17) is 13.3 Å². The van der Waals surface area contributed by atoms with Gasteiger partial charge in [0.05, 0.1) is 16.8 Å². The summed E-state index contributed by atoms with van der Waals surface area (Å²) in [5.74, 6) is 0. The largest absolute Gasteiger partial charge is 0.456 e. The van der Waals surface area contributed by atoms with Gasteiger partial charge in [-0.2, -0.15) is 0 Å². The molecule has 13 rings (SSSR count). The number of rotatable bonds is 5. The topological polar surface area (TPSA) is 42.7 Å². The molecule has 4 nitrogen and oxygen atoms in total. The lowest BCUT2D eigenvalue weighted by atomic mass is 9.98. The van der Waals surface area contributed by atoms with Crippen molar-refractivity contribution in [3.05, 3.63) is 200 Å². The van der Waals surface area contributed by atoms with Gasteiger partial charge in [-0.05, 0) is 112 Å². The number of benzene rings is 10. The van der Waals surface area contributed by atoms with Crippen molar-refractivity contribution < 1.29 is 13.3 Å². The molecule has 3 heterocycles. The van der Waals surface area contributed by atoms with Gasteiger partial charge in [0.1, 0.15) is 33.5 Å². The lowest BCUT2D eigenvalue weighted by molar-refractivity contribution is 0.669. The molecule has 10 aromatic carbocycles. The molecule has 0 aliphatic rings. The van der Waals surface area contributed by atoms with Gasteiger partial charge < -0.3 is 18.2 Å². The average molecular weight is 768 g/mol. The first-order valence-electron chi connectivity index (χ1n) is 20.3. The molecule has 0 unspecified atom stereocenters.